The topological polar surface area (TPSA) is 24.9 Å². The Bertz CT molecular complexity index is 540. The first-order valence-electron chi connectivity index (χ1n) is 6.64. The number of alkyl halides is 2. The van der Waals surface area contributed by atoms with E-state index in [0.717, 1.165) is 11.4 Å². The SMILES string of the molecule is CCc1cnc(C(C)NCC(F)(F)c2ccccc2)s1. The highest BCUT2D eigenvalue weighted by Gasteiger charge is 2.31. The summed E-state index contributed by atoms with van der Waals surface area (Å²) in [7, 11) is 0. The lowest BCUT2D eigenvalue weighted by molar-refractivity contribution is -0.00534. The molecule has 0 saturated heterocycles. The fourth-order valence-electron chi connectivity index (χ4n) is 1.84. The molecule has 0 amide bonds. The second kappa shape index (κ2) is 6.41. The van der Waals surface area contributed by atoms with E-state index >= 15 is 0 Å². The second-order valence-electron chi connectivity index (χ2n) is 4.69. The number of nitrogens with zero attached hydrogens (tertiary/aromatic N) is 1. The highest BCUT2D eigenvalue weighted by molar-refractivity contribution is 7.11. The first kappa shape index (κ1) is 15.1. The van der Waals surface area contributed by atoms with Crippen molar-refractivity contribution >= 4 is 11.3 Å². The van der Waals surface area contributed by atoms with Gasteiger partial charge in [0.15, 0.2) is 0 Å². The molecule has 0 aliphatic rings. The third kappa shape index (κ3) is 3.61. The average molecular weight is 296 g/mol. The van der Waals surface area contributed by atoms with Gasteiger partial charge >= 0.3 is 0 Å². The predicted octanol–water partition coefficient (Wildman–Crippen LogP) is 4.15. The maximum absolute atomic E-state index is 14.0. The minimum atomic E-state index is -2.87. The van der Waals surface area contributed by atoms with Gasteiger partial charge in [-0.05, 0) is 13.3 Å². The number of hydrogen-bond donors (Lipinski definition) is 1. The molecule has 2 nitrogen and oxygen atoms in total. The molecular weight excluding hydrogens is 278 g/mol. The first-order chi connectivity index (χ1) is 9.53. The lowest BCUT2D eigenvalue weighted by Crippen LogP contribution is -2.32. The quantitative estimate of drug-likeness (QED) is 0.866. The van der Waals surface area contributed by atoms with E-state index in [2.05, 4.69) is 17.2 Å². The molecule has 0 radical (unpaired) electrons. The molecular formula is C15H18F2N2S. The molecule has 1 N–H and O–H groups in total. The van der Waals surface area contributed by atoms with Gasteiger partial charge in [-0.2, -0.15) is 8.78 Å². The summed E-state index contributed by atoms with van der Waals surface area (Å²) < 4.78 is 28.0. The molecule has 2 aromatic rings. The Hall–Kier alpha value is -1.33. The van der Waals surface area contributed by atoms with Crippen molar-refractivity contribution in [2.75, 3.05) is 6.54 Å². The summed E-state index contributed by atoms with van der Waals surface area (Å²) in [4.78, 5) is 5.44. The smallest absolute Gasteiger partial charge is 0.285 e. The Labute approximate surface area is 121 Å². The molecule has 1 aromatic heterocycles. The Kier molecular flexibility index (Phi) is 4.83. The monoisotopic (exact) mass is 296 g/mol. The van der Waals surface area contributed by atoms with Crippen molar-refractivity contribution in [2.45, 2.75) is 32.2 Å². The van der Waals surface area contributed by atoms with Crippen molar-refractivity contribution in [1.29, 1.82) is 0 Å². The summed E-state index contributed by atoms with van der Waals surface area (Å²) >= 11 is 1.57. The molecule has 1 atom stereocenters. The van der Waals surface area contributed by atoms with Gasteiger partial charge in [0.2, 0.25) is 0 Å². The number of thiazole rings is 1. The van der Waals surface area contributed by atoms with Gasteiger partial charge < -0.3 is 5.32 Å². The largest absolute Gasteiger partial charge is 0.302 e. The standard InChI is InChI=1S/C15H18F2N2S/c1-3-13-9-18-14(20-13)11(2)19-10-15(16,17)12-7-5-4-6-8-12/h4-9,11,19H,3,10H2,1-2H3. The molecule has 108 valence electrons. The summed E-state index contributed by atoms with van der Waals surface area (Å²) in [5.74, 6) is -2.87. The molecule has 0 spiro atoms. The van der Waals surface area contributed by atoms with Crippen LogP contribution in [-0.4, -0.2) is 11.5 Å². The lowest BCUT2D eigenvalue weighted by Gasteiger charge is -2.19. The van der Waals surface area contributed by atoms with Crippen LogP contribution in [0.3, 0.4) is 0 Å². The number of hydrogen-bond acceptors (Lipinski definition) is 3. The van der Waals surface area contributed by atoms with E-state index in [9.17, 15) is 8.78 Å². The van der Waals surface area contributed by atoms with E-state index in [1.54, 1.807) is 29.5 Å². The van der Waals surface area contributed by atoms with E-state index < -0.39 is 5.92 Å². The van der Waals surface area contributed by atoms with Crippen LogP contribution in [0.15, 0.2) is 36.5 Å². The molecule has 0 bridgehead atoms. The molecule has 1 heterocycles. The van der Waals surface area contributed by atoms with Crippen LogP contribution in [-0.2, 0) is 12.3 Å². The minimum absolute atomic E-state index is 0.0353. The first-order valence-corrected chi connectivity index (χ1v) is 7.46. The fourth-order valence-corrected chi connectivity index (χ4v) is 2.72. The highest BCUT2D eigenvalue weighted by Crippen LogP contribution is 2.28. The van der Waals surface area contributed by atoms with Crippen molar-refractivity contribution in [3.63, 3.8) is 0 Å². The lowest BCUT2D eigenvalue weighted by atomic mass is 10.1. The third-order valence-corrected chi connectivity index (χ3v) is 4.44. The van der Waals surface area contributed by atoms with Crippen LogP contribution < -0.4 is 5.32 Å². The van der Waals surface area contributed by atoms with Gasteiger partial charge in [0, 0.05) is 16.6 Å². The van der Waals surface area contributed by atoms with Gasteiger partial charge in [0.05, 0.1) is 12.6 Å². The Morgan fingerprint density at radius 2 is 2.00 bits per heavy atom. The zero-order valence-electron chi connectivity index (χ0n) is 11.6. The normalized spacial score (nSPS) is 13.4. The van der Waals surface area contributed by atoms with Crippen molar-refractivity contribution in [3.8, 4) is 0 Å². The van der Waals surface area contributed by atoms with Gasteiger partial charge in [0.1, 0.15) is 5.01 Å². The average Bonchev–Trinajstić information content (AvgIpc) is 2.95. The predicted molar refractivity (Wildman–Crippen MR) is 78.2 cm³/mol. The number of aryl methyl sites for hydroxylation is 1. The van der Waals surface area contributed by atoms with Crippen molar-refractivity contribution < 1.29 is 8.78 Å². The summed E-state index contributed by atoms with van der Waals surface area (Å²) in [5, 5.41) is 3.73. The molecule has 5 heteroatoms. The number of nitrogens with one attached hydrogen (secondary N) is 1. The Morgan fingerprint density at radius 1 is 1.30 bits per heavy atom. The number of halogens is 2. The van der Waals surface area contributed by atoms with E-state index in [1.807, 2.05) is 13.1 Å². The molecule has 0 saturated carbocycles. The van der Waals surface area contributed by atoms with Crippen LogP contribution in [0.2, 0.25) is 0 Å². The summed E-state index contributed by atoms with van der Waals surface area (Å²) in [6.45, 7) is 3.53. The van der Waals surface area contributed by atoms with Crippen LogP contribution in [0.5, 0.6) is 0 Å². The van der Waals surface area contributed by atoms with E-state index in [0.29, 0.717) is 0 Å². The molecule has 1 aromatic carbocycles. The van der Waals surface area contributed by atoms with Gasteiger partial charge in [-0.1, -0.05) is 37.3 Å². The summed E-state index contributed by atoms with van der Waals surface area (Å²) in [5.41, 5.74) is 0.0353. The van der Waals surface area contributed by atoms with E-state index in [-0.39, 0.29) is 18.2 Å². The van der Waals surface area contributed by atoms with Gasteiger partial charge in [-0.25, -0.2) is 4.98 Å². The maximum atomic E-state index is 14.0. The molecule has 1 unspecified atom stereocenters. The Morgan fingerprint density at radius 3 is 2.60 bits per heavy atom. The second-order valence-corrected chi connectivity index (χ2v) is 5.84. The van der Waals surface area contributed by atoms with Crippen LogP contribution in [0.4, 0.5) is 8.78 Å². The third-order valence-electron chi connectivity index (χ3n) is 3.12. The number of benzene rings is 1. The van der Waals surface area contributed by atoms with Crippen molar-refractivity contribution in [2.24, 2.45) is 0 Å². The van der Waals surface area contributed by atoms with Crippen LogP contribution in [0.1, 0.15) is 35.3 Å². The fraction of sp³-hybridized carbons (Fsp3) is 0.400. The molecule has 0 aliphatic heterocycles. The summed E-state index contributed by atoms with van der Waals surface area (Å²) in [6.07, 6.45) is 2.73. The summed E-state index contributed by atoms with van der Waals surface area (Å²) in [6, 6.07) is 7.71. The van der Waals surface area contributed by atoms with Gasteiger partial charge in [-0.3, -0.25) is 0 Å². The molecule has 20 heavy (non-hydrogen) atoms. The van der Waals surface area contributed by atoms with Crippen LogP contribution >= 0.6 is 11.3 Å². The van der Waals surface area contributed by atoms with Gasteiger partial charge in [0.25, 0.3) is 5.92 Å². The van der Waals surface area contributed by atoms with Crippen LogP contribution in [0.25, 0.3) is 0 Å². The Balaban J connectivity index is 1.97. The van der Waals surface area contributed by atoms with E-state index in [1.165, 1.54) is 17.0 Å². The van der Waals surface area contributed by atoms with E-state index in [4.69, 9.17) is 0 Å². The van der Waals surface area contributed by atoms with Crippen LogP contribution in [0, 0.1) is 0 Å². The number of rotatable bonds is 6. The zero-order chi connectivity index (χ0) is 14.6. The highest BCUT2D eigenvalue weighted by atomic mass is 32.1. The molecule has 2 rings (SSSR count). The molecule has 0 fully saturated rings. The maximum Gasteiger partial charge on any atom is 0.285 e. The van der Waals surface area contributed by atoms with Crippen molar-refractivity contribution in [1.82, 2.24) is 10.3 Å². The number of aromatic nitrogens is 1. The molecule has 0 aliphatic carbocycles. The minimum Gasteiger partial charge on any atom is -0.302 e. The van der Waals surface area contributed by atoms with Crippen molar-refractivity contribution in [3.05, 3.63) is 52.0 Å². The van der Waals surface area contributed by atoms with Gasteiger partial charge in [-0.15, -0.1) is 11.3 Å². The zero-order valence-corrected chi connectivity index (χ0v) is 12.4.